The van der Waals surface area contributed by atoms with Crippen molar-refractivity contribution >= 4 is 29.7 Å². The predicted molar refractivity (Wildman–Crippen MR) is 88.3 cm³/mol. The Kier molecular flexibility index (Phi) is 4.25. The van der Waals surface area contributed by atoms with Gasteiger partial charge in [0.2, 0.25) is 0 Å². The van der Waals surface area contributed by atoms with Crippen LogP contribution in [-0.4, -0.2) is 45.5 Å². The highest BCUT2D eigenvalue weighted by molar-refractivity contribution is 6.45. The SMILES string of the molecule is CB(O)N1CC(Oc2nc3cc(C)ccc3nc2Cl)C[C@H]1C. The fourth-order valence-electron chi connectivity index (χ4n) is 2.97. The highest BCUT2D eigenvalue weighted by Gasteiger charge is 2.35. The molecule has 1 aliphatic heterocycles. The molecule has 7 heteroatoms. The van der Waals surface area contributed by atoms with Gasteiger partial charge >= 0.3 is 7.05 Å². The Bertz CT molecular complexity index is 698. The molecule has 5 nitrogen and oxygen atoms in total. The number of aryl methyl sites for hydroxylation is 1. The van der Waals surface area contributed by atoms with Crippen molar-refractivity contribution in [3.8, 4) is 5.88 Å². The van der Waals surface area contributed by atoms with Crippen LogP contribution < -0.4 is 4.74 Å². The third-order valence-electron chi connectivity index (χ3n) is 4.09. The second-order valence-corrected chi connectivity index (χ2v) is 6.32. The van der Waals surface area contributed by atoms with Crippen molar-refractivity contribution in [3.63, 3.8) is 0 Å². The van der Waals surface area contributed by atoms with Crippen molar-refractivity contribution in [3.05, 3.63) is 28.9 Å². The molecule has 2 atom stereocenters. The molecule has 2 heterocycles. The van der Waals surface area contributed by atoms with Gasteiger partial charge in [-0.2, -0.15) is 0 Å². The van der Waals surface area contributed by atoms with E-state index in [1.54, 1.807) is 6.82 Å². The Morgan fingerprint density at radius 2 is 2.14 bits per heavy atom. The molecule has 1 unspecified atom stereocenters. The van der Waals surface area contributed by atoms with Crippen molar-refractivity contribution in [2.24, 2.45) is 0 Å². The van der Waals surface area contributed by atoms with Crippen LogP contribution in [0.5, 0.6) is 5.88 Å². The summed E-state index contributed by atoms with van der Waals surface area (Å²) >= 11 is 6.20. The average Bonchev–Trinajstić information content (AvgIpc) is 2.81. The van der Waals surface area contributed by atoms with Gasteiger partial charge in [0.05, 0.1) is 11.0 Å². The Morgan fingerprint density at radius 3 is 2.82 bits per heavy atom. The van der Waals surface area contributed by atoms with Gasteiger partial charge in [-0.1, -0.05) is 24.6 Å². The lowest BCUT2D eigenvalue weighted by molar-refractivity contribution is 0.204. The molecular formula is C15H19BClN3O2. The summed E-state index contributed by atoms with van der Waals surface area (Å²) in [5.74, 6) is 0.365. The van der Waals surface area contributed by atoms with Crippen LogP contribution in [0.2, 0.25) is 12.0 Å². The van der Waals surface area contributed by atoms with Gasteiger partial charge in [-0.05, 0) is 37.9 Å². The minimum atomic E-state index is -0.482. The number of benzene rings is 1. The minimum Gasteiger partial charge on any atom is -0.471 e. The molecule has 1 saturated heterocycles. The summed E-state index contributed by atoms with van der Waals surface area (Å²) in [6.07, 6.45) is 0.785. The van der Waals surface area contributed by atoms with Gasteiger partial charge in [0, 0.05) is 12.6 Å². The number of nitrogens with zero attached hydrogens (tertiary/aromatic N) is 3. The van der Waals surface area contributed by atoms with Crippen molar-refractivity contribution in [1.29, 1.82) is 0 Å². The molecule has 0 radical (unpaired) electrons. The van der Waals surface area contributed by atoms with Gasteiger partial charge in [0.25, 0.3) is 5.88 Å². The molecule has 0 spiro atoms. The summed E-state index contributed by atoms with van der Waals surface area (Å²) in [5.41, 5.74) is 2.65. The monoisotopic (exact) mass is 319 g/mol. The molecule has 116 valence electrons. The first kappa shape index (κ1) is 15.5. The Morgan fingerprint density at radius 1 is 1.36 bits per heavy atom. The topological polar surface area (TPSA) is 58.5 Å². The van der Waals surface area contributed by atoms with E-state index in [9.17, 15) is 5.02 Å². The lowest BCUT2D eigenvalue weighted by atomic mass is 9.84. The first-order valence-corrected chi connectivity index (χ1v) is 7.86. The van der Waals surface area contributed by atoms with Crippen molar-refractivity contribution in [2.45, 2.75) is 39.2 Å². The fourth-order valence-corrected chi connectivity index (χ4v) is 3.15. The summed E-state index contributed by atoms with van der Waals surface area (Å²) in [7, 11) is -0.482. The van der Waals surface area contributed by atoms with Gasteiger partial charge in [-0.3, -0.25) is 0 Å². The van der Waals surface area contributed by atoms with Crippen molar-refractivity contribution in [1.82, 2.24) is 14.8 Å². The number of halogens is 1. The van der Waals surface area contributed by atoms with Gasteiger partial charge in [0.15, 0.2) is 5.15 Å². The third-order valence-corrected chi connectivity index (χ3v) is 4.34. The molecular weight excluding hydrogens is 300 g/mol. The number of rotatable bonds is 3. The zero-order valence-electron chi connectivity index (χ0n) is 13.0. The maximum absolute atomic E-state index is 9.75. The Balaban J connectivity index is 1.83. The van der Waals surface area contributed by atoms with Crippen LogP contribution in [0.25, 0.3) is 11.0 Å². The maximum atomic E-state index is 9.75. The molecule has 22 heavy (non-hydrogen) atoms. The smallest absolute Gasteiger partial charge is 0.376 e. The van der Waals surface area contributed by atoms with Crippen molar-refractivity contribution in [2.75, 3.05) is 6.54 Å². The Hall–Kier alpha value is -1.37. The molecule has 1 aliphatic rings. The lowest BCUT2D eigenvalue weighted by Crippen LogP contribution is -2.40. The molecule has 1 aromatic heterocycles. The Labute approximate surface area is 135 Å². The molecule has 2 aromatic rings. The van der Waals surface area contributed by atoms with E-state index in [1.807, 2.05) is 29.9 Å². The van der Waals surface area contributed by atoms with Gasteiger partial charge in [0.1, 0.15) is 6.10 Å². The van der Waals surface area contributed by atoms with Crippen LogP contribution in [0.4, 0.5) is 0 Å². The molecule has 1 aromatic carbocycles. The summed E-state index contributed by atoms with van der Waals surface area (Å²) in [5, 5.41) is 10.0. The highest BCUT2D eigenvalue weighted by atomic mass is 35.5. The lowest BCUT2D eigenvalue weighted by Gasteiger charge is -2.20. The second-order valence-electron chi connectivity index (χ2n) is 5.96. The van der Waals surface area contributed by atoms with E-state index >= 15 is 0 Å². The largest absolute Gasteiger partial charge is 0.471 e. The van der Waals surface area contributed by atoms with Crippen LogP contribution >= 0.6 is 11.6 Å². The molecule has 3 rings (SSSR count). The first-order chi connectivity index (χ1) is 10.4. The van der Waals surface area contributed by atoms with Crippen LogP contribution in [0.15, 0.2) is 18.2 Å². The zero-order chi connectivity index (χ0) is 15.9. The van der Waals surface area contributed by atoms with E-state index in [1.165, 1.54) is 0 Å². The number of hydrogen-bond acceptors (Lipinski definition) is 5. The maximum Gasteiger partial charge on any atom is 0.376 e. The van der Waals surface area contributed by atoms with Crippen LogP contribution in [0.3, 0.4) is 0 Å². The van der Waals surface area contributed by atoms with E-state index in [0.717, 1.165) is 23.0 Å². The van der Waals surface area contributed by atoms with E-state index in [4.69, 9.17) is 16.3 Å². The summed E-state index contributed by atoms with van der Waals surface area (Å²) in [4.78, 5) is 10.8. The highest BCUT2D eigenvalue weighted by Crippen LogP contribution is 2.28. The molecule has 1 fully saturated rings. The second kappa shape index (κ2) is 6.03. The standard InChI is InChI=1S/C15H19BClN3O2/c1-9-4-5-12-13(6-9)19-15(14(17)18-12)22-11-7-10(2)20(8-11)16(3)21/h4-6,10-11,21H,7-8H2,1-3H3/t10-,11?/m1/s1. The van der Waals surface area contributed by atoms with Crippen LogP contribution in [0, 0.1) is 6.92 Å². The van der Waals surface area contributed by atoms with Gasteiger partial charge in [-0.15, -0.1) is 0 Å². The van der Waals surface area contributed by atoms with Gasteiger partial charge < -0.3 is 14.6 Å². The van der Waals surface area contributed by atoms with E-state index in [-0.39, 0.29) is 17.3 Å². The summed E-state index contributed by atoms with van der Waals surface area (Å²) in [6, 6.07) is 6.11. The van der Waals surface area contributed by atoms with E-state index < -0.39 is 7.05 Å². The first-order valence-electron chi connectivity index (χ1n) is 7.48. The number of aromatic nitrogens is 2. The van der Waals surface area contributed by atoms with Crippen LogP contribution in [-0.2, 0) is 0 Å². The number of hydrogen-bond donors (Lipinski definition) is 1. The quantitative estimate of drug-likeness (QED) is 0.881. The number of fused-ring (bicyclic) bond motifs is 1. The molecule has 0 bridgehead atoms. The van der Waals surface area contributed by atoms with Gasteiger partial charge in [-0.25, -0.2) is 9.97 Å². The molecule has 1 N–H and O–H groups in total. The number of ether oxygens (including phenoxy) is 1. The third kappa shape index (κ3) is 3.04. The van der Waals surface area contributed by atoms with Crippen molar-refractivity contribution < 1.29 is 9.76 Å². The summed E-state index contributed by atoms with van der Waals surface area (Å²) < 4.78 is 5.95. The fraction of sp³-hybridized carbons (Fsp3) is 0.467. The summed E-state index contributed by atoms with van der Waals surface area (Å²) in [6.45, 7) is 6.51. The van der Waals surface area contributed by atoms with Crippen LogP contribution in [0.1, 0.15) is 18.9 Å². The predicted octanol–water partition coefficient (Wildman–Crippen LogP) is 2.54. The molecule has 0 saturated carbocycles. The molecule has 0 aliphatic carbocycles. The minimum absolute atomic E-state index is 0.0429. The average molecular weight is 320 g/mol. The van der Waals surface area contributed by atoms with E-state index in [0.29, 0.717) is 12.4 Å². The normalized spacial score (nSPS) is 22.2. The molecule has 0 amide bonds. The zero-order valence-corrected chi connectivity index (χ0v) is 13.7. The van der Waals surface area contributed by atoms with E-state index in [2.05, 4.69) is 16.9 Å².